The zero-order valence-electron chi connectivity index (χ0n) is 8.39. The molecule has 5 heteroatoms. The first-order valence-corrected chi connectivity index (χ1v) is 5.03. The van der Waals surface area contributed by atoms with E-state index in [-0.39, 0.29) is 12.1 Å². The van der Waals surface area contributed by atoms with Gasteiger partial charge >= 0.3 is 0 Å². The van der Waals surface area contributed by atoms with Crippen molar-refractivity contribution in [3.8, 4) is 0 Å². The third-order valence-corrected chi connectivity index (χ3v) is 2.51. The van der Waals surface area contributed by atoms with E-state index in [9.17, 15) is 0 Å². The van der Waals surface area contributed by atoms with Gasteiger partial charge in [-0.3, -0.25) is 0 Å². The molecule has 2 N–H and O–H groups in total. The minimum atomic E-state index is -0.0218. The largest absolute Gasteiger partial charge is 0.376 e. The van der Waals surface area contributed by atoms with Gasteiger partial charge in [-0.1, -0.05) is 5.21 Å². The van der Waals surface area contributed by atoms with Gasteiger partial charge < -0.3 is 10.5 Å². The van der Waals surface area contributed by atoms with Gasteiger partial charge in [0, 0.05) is 12.6 Å². The molecule has 2 atom stereocenters. The quantitative estimate of drug-likeness (QED) is 0.763. The third kappa shape index (κ3) is 1.93. The second kappa shape index (κ2) is 4.06. The molecule has 2 rings (SSSR count). The molecule has 0 saturated carbocycles. The fourth-order valence-electron chi connectivity index (χ4n) is 1.74. The van der Waals surface area contributed by atoms with E-state index in [2.05, 4.69) is 10.3 Å². The lowest BCUT2D eigenvalue weighted by Gasteiger charge is -2.12. The summed E-state index contributed by atoms with van der Waals surface area (Å²) in [5.41, 5.74) is 6.76. The van der Waals surface area contributed by atoms with Gasteiger partial charge in [-0.15, -0.1) is 5.10 Å². The molecule has 5 nitrogen and oxygen atoms in total. The van der Waals surface area contributed by atoms with E-state index in [0.29, 0.717) is 0 Å². The molecule has 0 radical (unpaired) electrons. The number of hydrogen-bond acceptors (Lipinski definition) is 4. The number of nitrogens with two attached hydrogens (primary N) is 1. The Hall–Kier alpha value is -0.940. The Labute approximate surface area is 83.2 Å². The Morgan fingerprint density at radius 1 is 1.79 bits per heavy atom. The number of nitrogens with zero attached hydrogens (tertiary/aromatic N) is 3. The molecule has 0 bridgehead atoms. The van der Waals surface area contributed by atoms with Crippen LogP contribution in [0.2, 0.25) is 0 Å². The fourth-order valence-corrected chi connectivity index (χ4v) is 1.74. The molecule has 0 aromatic carbocycles. The van der Waals surface area contributed by atoms with Crippen molar-refractivity contribution in [1.29, 1.82) is 0 Å². The van der Waals surface area contributed by atoms with Crippen molar-refractivity contribution in [3.63, 3.8) is 0 Å². The average Bonchev–Trinajstić information content (AvgIpc) is 2.75. The summed E-state index contributed by atoms with van der Waals surface area (Å²) in [5.74, 6) is 0. The number of hydrogen-bond donors (Lipinski definition) is 1. The number of ether oxygens (including phenoxy) is 1. The summed E-state index contributed by atoms with van der Waals surface area (Å²) in [6, 6.07) is -0.0218. The molecule has 1 aromatic rings. The minimum absolute atomic E-state index is 0.0218. The molecule has 14 heavy (non-hydrogen) atoms. The molecule has 1 aliphatic heterocycles. The predicted molar refractivity (Wildman–Crippen MR) is 51.6 cm³/mol. The highest BCUT2D eigenvalue weighted by molar-refractivity contribution is 4.99. The lowest BCUT2D eigenvalue weighted by Crippen LogP contribution is -2.20. The lowest BCUT2D eigenvalue weighted by molar-refractivity contribution is 0.0925. The third-order valence-electron chi connectivity index (χ3n) is 2.51. The van der Waals surface area contributed by atoms with Crippen LogP contribution < -0.4 is 5.73 Å². The SMILES string of the molecule is CC(N)c1cnnn1CC1CCCO1. The molecular weight excluding hydrogens is 180 g/mol. The Morgan fingerprint density at radius 3 is 3.29 bits per heavy atom. The molecular formula is C9H16N4O. The second-order valence-corrected chi connectivity index (χ2v) is 3.76. The normalized spacial score (nSPS) is 24.0. The van der Waals surface area contributed by atoms with Gasteiger partial charge in [-0.25, -0.2) is 4.68 Å². The standard InChI is InChI=1S/C9H16N4O/c1-7(10)9-5-11-12-13(9)6-8-3-2-4-14-8/h5,7-8H,2-4,6,10H2,1H3. The zero-order chi connectivity index (χ0) is 9.97. The smallest absolute Gasteiger partial charge is 0.0772 e. The Kier molecular flexibility index (Phi) is 2.79. The van der Waals surface area contributed by atoms with Crippen molar-refractivity contribution >= 4 is 0 Å². The van der Waals surface area contributed by atoms with Gasteiger partial charge in [0.05, 0.1) is 24.5 Å². The number of aromatic nitrogens is 3. The Balaban J connectivity index is 2.04. The van der Waals surface area contributed by atoms with Crippen LogP contribution in [0.25, 0.3) is 0 Å². The van der Waals surface area contributed by atoms with Gasteiger partial charge in [-0.2, -0.15) is 0 Å². The summed E-state index contributed by atoms with van der Waals surface area (Å²) in [5, 5.41) is 7.87. The summed E-state index contributed by atoms with van der Waals surface area (Å²) >= 11 is 0. The molecule has 0 aliphatic carbocycles. The van der Waals surface area contributed by atoms with Crippen molar-refractivity contribution in [2.75, 3.05) is 6.61 Å². The van der Waals surface area contributed by atoms with E-state index in [1.54, 1.807) is 6.20 Å². The van der Waals surface area contributed by atoms with Crippen molar-refractivity contribution in [2.24, 2.45) is 5.73 Å². The van der Waals surface area contributed by atoms with Crippen LogP contribution in [0.5, 0.6) is 0 Å². The van der Waals surface area contributed by atoms with E-state index >= 15 is 0 Å². The van der Waals surface area contributed by atoms with Gasteiger partial charge in [0.2, 0.25) is 0 Å². The van der Waals surface area contributed by atoms with Crippen LogP contribution in [0, 0.1) is 0 Å². The second-order valence-electron chi connectivity index (χ2n) is 3.76. The van der Waals surface area contributed by atoms with Crippen molar-refractivity contribution in [1.82, 2.24) is 15.0 Å². The minimum Gasteiger partial charge on any atom is -0.376 e. The van der Waals surface area contributed by atoms with E-state index < -0.39 is 0 Å². The van der Waals surface area contributed by atoms with E-state index in [1.807, 2.05) is 11.6 Å². The average molecular weight is 196 g/mol. The summed E-state index contributed by atoms with van der Waals surface area (Å²) in [6.45, 7) is 3.58. The molecule has 2 unspecified atom stereocenters. The lowest BCUT2D eigenvalue weighted by atomic mass is 10.2. The van der Waals surface area contributed by atoms with Crippen molar-refractivity contribution < 1.29 is 4.74 Å². The van der Waals surface area contributed by atoms with Crippen LogP contribution >= 0.6 is 0 Å². The molecule has 78 valence electrons. The summed E-state index contributed by atoms with van der Waals surface area (Å²) in [7, 11) is 0. The van der Waals surface area contributed by atoms with Crippen molar-refractivity contribution in [3.05, 3.63) is 11.9 Å². The predicted octanol–water partition coefficient (Wildman–Crippen LogP) is 0.477. The van der Waals surface area contributed by atoms with Crippen LogP contribution in [0.15, 0.2) is 6.20 Å². The highest BCUT2D eigenvalue weighted by atomic mass is 16.5. The monoisotopic (exact) mass is 196 g/mol. The van der Waals surface area contributed by atoms with Gasteiger partial charge in [0.25, 0.3) is 0 Å². The van der Waals surface area contributed by atoms with E-state index in [4.69, 9.17) is 10.5 Å². The maximum atomic E-state index is 5.79. The molecule has 0 spiro atoms. The first-order valence-electron chi connectivity index (χ1n) is 5.03. The maximum Gasteiger partial charge on any atom is 0.0772 e. The molecule has 0 amide bonds. The van der Waals surface area contributed by atoms with Crippen LogP contribution in [-0.2, 0) is 11.3 Å². The molecule has 1 aromatic heterocycles. The van der Waals surface area contributed by atoms with Gasteiger partial charge in [0.15, 0.2) is 0 Å². The van der Waals surface area contributed by atoms with Gasteiger partial charge in [-0.05, 0) is 19.8 Å². The summed E-state index contributed by atoms with van der Waals surface area (Å²) in [6.07, 6.45) is 4.26. The first kappa shape index (κ1) is 9.61. The Bertz CT molecular complexity index is 291. The van der Waals surface area contributed by atoms with Crippen LogP contribution in [0.4, 0.5) is 0 Å². The highest BCUT2D eigenvalue weighted by Gasteiger charge is 2.18. The van der Waals surface area contributed by atoms with Crippen LogP contribution in [0.3, 0.4) is 0 Å². The first-order chi connectivity index (χ1) is 6.77. The van der Waals surface area contributed by atoms with Crippen LogP contribution in [0.1, 0.15) is 31.5 Å². The summed E-state index contributed by atoms with van der Waals surface area (Å²) < 4.78 is 7.38. The van der Waals surface area contributed by atoms with E-state index in [1.165, 1.54) is 0 Å². The molecule has 2 heterocycles. The fraction of sp³-hybridized carbons (Fsp3) is 0.778. The Morgan fingerprint density at radius 2 is 2.64 bits per heavy atom. The zero-order valence-corrected chi connectivity index (χ0v) is 8.39. The molecule has 1 fully saturated rings. The summed E-state index contributed by atoms with van der Waals surface area (Å²) in [4.78, 5) is 0. The van der Waals surface area contributed by atoms with Gasteiger partial charge in [0.1, 0.15) is 0 Å². The maximum absolute atomic E-state index is 5.79. The molecule has 1 aliphatic rings. The van der Waals surface area contributed by atoms with Crippen molar-refractivity contribution in [2.45, 2.75) is 38.5 Å². The highest BCUT2D eigenvalue weighted by Crippen LogP contribution is 2.15. The topological polar surface area (TPSA) is 66.0 Å². The van der Waals surface area contributed by atoms with Crippen LogP contribution in [-0.4, -0.2) is 27.7 Å². The van der Waals surface area contributed by atoms with E-state index in [0.717, 1.165) is 31.7 Å². The molecule has 1 saturated heterocycles. The number of rotatable bonds is 3.